The highest BCUT2D eigenvalue weighted by Crippen LogP contribution is 2.44. The SMILES string of the molecule is Nc1cccc(-c2cc3c(c([N+](=O)[O-])c2)OCO3)c1. The zero-order valence-corrected chi connectivity index (χ0v) is 9.83. The molecule has 19 heavy (non-hydrogen) atoms. The smallest absolute Gasteiger partial charge is 0.315 e. The minimum Gasteiger partial charge on any atom is -0.453 e. The summed E-state index contributed by atoms with van der Waals surface area (Å²) in [7, 11) is 0. The van der Waals surface area contributed by atoms with Crippen LogP contribution >= 0.6 is 0 Å². The van der Waals surface area contributed by atoms with E-state index < -0.39 is 4.92 Å². The van der Waals surface area contributed by atoms with E-state index in [4.69, 9.17) is 15.2 Å². The Morgan fingerprint density at radius 2 is 2.00 bits per heavy atom. The Morgan fingerprint density at radius 3 is 2.74 bits per heavy atom. The number of rotatable bonds is 2. The van der Waals surface area contributed by atoms with Crippen LogP contribution in [0.2, 0.25) is 0 Å². The topological polar surface area (TPSA) is 87.6 Å². The molecule has 0 unspecified atom stereocenters. The maximum absolute atomic E-state index is 11.1. The van der Waals surface area contributed by atoms with Gasteiger partial charge in [-0.05, 0) is 29.3 Å². The van der Waals surface area contributed by atoms with Gasteiger partial charge in [-0.25, -0.2) is 0 Å². The quantitative estimate of drug-likeness (QED) is 0.508. The van der Waals surface area contributed by atoms with Crippen LogP contribution in [0.25, 0.3) is 11.1 Å². The first kappa shape index (κ1) is 11.3. The molecule has 0 saturated carbocycles. The van der Waals surface area contributed by atoms with Crippen molar-refractivity contribution in [3.63, 3.8) is 0 Å². The first-order valence-electron chi connectivity index (χ1n) is 5.59. The molecule has 2 N–H and O–H groups in total. The van der Waals surface area contributed by atoms with Gasteiger partial charge < -0.3 is 15.2 Å². The zero-order valence-electron chi connectivity index (χ0n) is 9.83. The summed E-state index contributed by atoms with van der Waals surface area (Å²) in [5.74, 6) is 0.560. The van der Waals surface area contributed by atoms with E-state index >= 15 is 0 Å². The van der Waals surface area contributed by atoms with E-state index in [1.54, 1.807) is 24.3 Å². The van der Waals surface area contributed by atoms with Crippen molar-refractivity contribution in [1.29, 1.82) is 0 Å². The van der Waals surface area contributed by atoms with Gasteiger partial charge in [0, 0.05) is 11.8 Å². The van der Waals surface area contributed by atoms with Gasteiger partial charge in [-0.1, -0.05) is 12.1 Å². The van der Waals surface area contributed by atoms with Gasteiger partial charge in [0.25, 0.3) is 0 Å². The monoisotopic (exact) mass is 258 g/mol. The normalized spacial score (nSPS) is 12.4. The summed E-state index contributed by atoms with van der Waals surface area (Å²) in [4.78, 5) is 10.6. The Morgan fingerprint density at radius 1 is 1.16 bits per heavy atom. The lowest BCUT2D eigenvalue weighted by molar-refractivity contribution is -0.385. The van der Waals surface area contributed by atoms with Crippen molar-refractivity contribution in [2.24, 2.45) is 0 Å². The molecule has 1 heterocycles. The second kappa shape index (κ2) is 4.16. The molecule has 0 aromatic heterocycles. The van der Waals surface area contributed by atoms with Gasteiger partial charge in [-0.2, -0.15) is 0 Å². The van der Waals surface area contributed by atoms with Crippen LogP contribution in [0.3, 0.4) is 0 Å². The number of hydrogen-bond donors (Lipinski definition) is 1. The second-order valence-corrected chi connectivity index (χ2v) is 4.11. The zero-order chi connectivity index (χ0) is 13.4. The van der Waals surface area contributed by atoms with Crippen LogP contribution in [0.5, 0.6) is 11.5 Å². The summed E-state index contributed by atoms with van der Waals surface area (Å²) >= 11 is 0. The Labute approximate surface area is 108 Å². The fraction of sp³-hybridized carbons (Fsp3) is 0.0769. The Hall–Kier alpha value is -2.76. The van der Waals surface area contributed by atoms with E-state index in [9.17, 15) is 10.1 Å². The number of ether oxygens (including phenoxy) is 2. The molecule has 0 bridgehead atoms. The van der Waals surface area contributed by atoms with Gasteiger partial charge in [0.15, 0.2) is 5.75 Å². The van der Waals surface area contributed by atoms with Crippen molar-refractivity contribution in [2.45, 2.75) is 0 Å². The molecule has 0 fully saturated rings. The largest absolute Gasteiger partial charge is 0.453 e. The highest BCUT2D eigenvalue weighted by Gasteiger charge is 2.27. The van der Waals surface area contributed by atoms with Gasteiger partial charge >= 0.3 is 5.69 Å². The fourth-order valence-electron chi connectivity index (χ4n) is 2.01. The molecular formula is C13H10N2O4. The molecule has 0 atom stereocenters. The number of fused-ring (bicyclic) bond motifs is 1. The lowest BCUT2D eigenvalue weighted by atomic mass is 10.0. The van der Waals surface area contributed by atoms with Crippen LogP contribution in [0.1, 0.15) is 0 Å². The molecule has 2 aromatic carbocycles. The third-order valence-corrected chi connectivity index (χ3v) is 2.87. The van der Waals surface area contributed by atoms with E-state index in [2.05, 4.69) is 0 Å². The van der Waals surface area contributed by atoms with Crippen LogP contribution < -0.4 is 15.2 Å². The number of nitrogen functional groups attached to an aromatic ring is 1. The number of nitrogens with two attached hydrogens (primary N) is 1. The molecule has 6 nitrogen and oxygen atoms in total. The van der Waals surface area contributed by atoms with Gasteiger partial charge in [-0.3, -0.25) is 10.1 Å². The Balaban J connectivity index is 2.18. The van der Waals surface area contributed by atoms with Gasteiger partial charge in [0.1, 0.15) is 0 Å². The Bertz CT molecular complexity index is 670. The highest BCUT2D eigenvalue weighted by atomic mass is 16.7. The summed E-state index contributed by atoms with van der Waals surface area (Å²) < 4.78 is 10.3. The van der Waals surface area contributed by atoms with Crippen molar-refractivity contribution >= 4 is 11.4 Å². The molecule has 1 aliphatic rings. The van der Waals surface area contributed by atoms with Crippen molar-refractivity contribution in [1.82, 2.24) is 0 Å². The number of benzene rings is 2. The van der Waals surface area contributed by atoms with Crippen LogP contribution in [-0.4, -0.2) is 11.7 Å². The average molecular weight is 258 g/mol. The van der Waals surface area contributed by atoms with Crippen LogP contribution in [0.15, 0.2) is 36.4 Å². The van der Waals surface area contributed by atoms with Crippen molar-refractivity contribution in [3.05, 3.63) is 46.5 Å². The van der Waals surface area contributed by atoms with E-state index in [0.29, 0.717) is 17.0 Å². The predicted molar refractivity (Wildman–Crippen MR) is 69.1 cm³/mol. The highest BCUT2D eigenvalue weighted by molar-refractivity contribution is 5.75. The first-order chi connectivity index (χ1) is 9.15. The fourth-order valence-corrected chi connectivity index (χ4v) is 2.01. The molecule has 96 valence electrons. The molecule has 0 amide bonds. The Kier molecular flexibility index (Phi) is 2.49. The minimum absolute atomic E-state index is 0.00342. The predicted octanol–water partition coefficient (Wildman–Crippen LogP) is 2.57. The number of nitro groups is 1. The number of hydrogen-bond acceptors (Lipinski definition) is 5. The summed E-state index contributed by atoms with van der Waals surface area (Å²) in [6, 6.07) is 10.3. The third kappa shape index (κ3) is 1.93. The van der Waals surface area contributed by atoms with E-state index in [-0.39, 0.29) is 18.2 Å². The van der Waals surface area contributed by atoms with Crippen LogP contribution in [0.4, 0.5) is 11.4 Å². The molecule has 2 aromatic rings. The summed E-state index contributed by atoms with van der Waals surface area (Å²) in [6.45, 7) is -0.00342. The summed E-state index contributed by atoms with van der Waals surface area (Å²) in [6.07, 6.45) is 0. The van der Waals surface area contributed by atoms with E-state index in [0.717, 1.165) is 5.56 Å². The molecule has 0 radical (unpaired) electrons. The first-order valence-corrected chi connectivity index (χ1v) is 5.59. The number of anilines is 1. The molecule has 0 aliphatic carbocycles. The molecule has 1 aliphatic heterocycles. The third-order valence-electron chi connectivity index (χ3n) is 2.87. The standard InChI is InChI=1S/C13H10N2O4/c14-10-3-1-2-8(4-10)9-5-11(15(16)17)13-12(6-9)18-7-19-13/h1-6H,7,14H2. The van der Waals surface area contributed by atoms with Gasteiger partial charge in [0.05, 0.1) is 4.92 Å². The van der Waals surface area contributed by atoms with Gasteiger partial charge in [-0.15, -0.1) is 0 Å². The van der Waals surface area contributed by atoms with Crippen molar-refractivity contribution in [3.8, 4) is 22.6 Å². The lowest BCUT2D eigenvalue weighted by Crippen LogP contribution is -1.95. The van der Waals surface area contributed by atoms with Crippen molar-refractivity contribution < 1.29 is 14.4 Å². The van der Waals surface area contributed by atoms with E-state index in [1.807, 2.05) is 6.07 Å². The van der Waals surface area contributed by atoms with Crippen LogP contribution in [-0.2, 0) is 0 Å². The number of nitro benzene ring substituents is 1. The van der Waals surface area contributed by atoms with Gasteiger partial charge in [0.2, 0.25) is 12.5 Å². The molecule has 0 saturated heterocycles. The lowest BCUT2D eigenvalue weighted by Gasteiger charge is -2.05. The molecular weight excluding hydrogens is 248 g/mol. The molecule has 6 heteroatoms. The number of nitrogens with zero attached hydrogens (tertiary/aromatic N) is 1. The van der Waals surface area contributed by atoms with E-state index in [1.165, 1.54) is 6.07 Å². The summed E-state index contributed by atoms with van der Waals surface area (Å²) in [5, 5.41) is 11.1. The summed E-state index contributed by atoms with van der Waals surface area (Å²) in [5.41, 5.74) is 7.67. The minimum atomic E-state index is -0.483. The molecule has 0 spiro atoms. The second-order valence-electron chi connectivity index (χ2n) is 4.11. The van der Waals surface area contributed by atoms with Crippen LogP contribution in [0, 0.1) is 10.1 Å². The maximum Gasteiger partial charge on any atom is 0.315 e. The van der Waals surface area contributed by atoms with Crippen molar-refractivity contribution in [2.75, 3.05) is 12.5 Å². The maximum atomic E-state index is 11.1. The average Bonchev–Trinajstić information content (AvgIpc) is 2.85. The molecule has 3 rings (SSSR count).